The number of carboxylic acid groups (broad SMARTS) is 1. The van der Waals surface area contributed by atoms with Crippen LogP contribution >= 0.6 is 0 Å². The third-order valence-electron chi connectivity index (χ3n) is 3.46. The van der Waals surface area contributed by atoms with E-state index in [9.17, 15) is 9.59 Å². The normalized spacial score (nSPS) is 25.9. The van der Waals surface area contributed by atoms with E-state index >= 15 is 0 Å². The molecule has 0 spiro atoms. The fourth-order valence-corrected chi connectivity index (χ4v) is 2.47. The van der Waals surface area contributed by atoms with E-state index in [1.807, 2.05) is 4.90 Å². The average Bonchev–Trinajstić information content (AvgIpc) is 2.64. The van der Waals surface area contributed by atoms with Crippen molar-refractivity contribution in [3.8, 4) is 0 Å². The van der Waals surface area contributed by atoms with Crippen molar-refractivity contribution in [2.24, 2.45) is 0 Å². The molecule has 1 atom stereocenters. The fraction of sp³-hybridized carbons (Fsp3) is 0.833. The first kappa shape index (κ1) is 14.2. The van der Waals surface area contributed by atoms with Gasteiger partial charge in [0.1, 0.15) is 6.10 Å². The molecule has 2 aliphatic rings. The minimum atomic E-state index is -0.820. The number of hydrogen-bond acceptors (Lipinski definition) is 5. The lowest BCUT2D eigenvalue weighted by Crippen LogP contribution is -2.50. The highest BCUT2D eigenvalue weighted by Gasteiger charge is 2.28. The minimum Gasteiger partial charge on any atom is -0.480 e. The molecule has 0 aliphatic carbocycles. The summed E-state index contributed by atoms with van der Waals surface area (Å²) in [6, 6.07) is 0. The molecule has 0 saturated carbocycles. The van der Waals surface area contributed by atoms with Crippen LogP contribution in [0.2, 0.25) is 0 Å². The molecule has 0 aromatic carbocycles. The third kappa shape index (κ3) is 4.15. The molecule has 0 aromatic heterocycles. The molecule has 2 fully saturated rings. The molecule has 2 aliphatic heterocycles. The minimum absolute atomic E-state index is 0.0179. The lowest BCUT2D eigenvalue weighted by molar-refractivity contribution is -0.145. The van der Waals surface area contributed by atoms with Gasteiger partial charge in [0, 0.05) is 39.3 Å². The van der Waals surface area contributed by atoms with Gasteiger partial charge >= 0.3 is 5.97 Å². The van der Waals surface area contributed by atoms with E-state index in [1.54, 1.807) is 4.90 Å². The molecule has 2 saturated heterocycles. The molecule has 0 aromatic rings. The summed E-state index contributed by atoms with van der Waals surface area (Å²) in [5.74, 6) is -0.802. The SMILES string of the molecule is O=C(O)CN1CCCN(C(=O)C2CNCCO2)CC1. The number of hydrogen-bond donors (Lipinski definition) is 2. The van der Waals surface area contributed by atoms with Gasteiger partial charge in [-0.2, -0.15) is 0 Å². The highest BCUT2D eigenvalue weighted by atomic mass is 16.5. The largest absolute Gasteiger partial charge is 0.480 e. The molecule has 2 heterocycles. The maximum atomic E-state index is 12.3. The van der Waals surface area contributed by atoms with Gasteiger partial charge in [-0.05, 0) is 6.42 Å². The number of carbonyl (C=O) groups is 2. The van der Waals surface area contributed by atoms with Crippen molar-refractivity contribution in [2.75, 3.05) is 52.4 Å². The van der Waals surface area contributed by atoms with Gasteiger partial charge in [0.25, 0.3) is 5.91 Å². The average molecular weight is 271 g/mol. The number of nitrogens with one attached hydrogen (secondary N) is 1. The van der Waals surface area contributed by atoms with E-state index in [0.717, 1.165) is 19.5 Å². The lowest BCUT2D eigenvalue weighted by atomic mass is 10.2. The summed E-state index contributed by atoms with van der Waals surface area (Å²) in [5.41, 5.74) is 0. The molecule has 7 heteroatoms. The van der Waals surface area contributed by atoms with E-state index in [1.165, 1.54) is 0 Å². The molecule has 1 amide bonds. The van der Waals surface area contributed by atoms with Crippen molar-refractivity contribution in [3.63, 3.8) is 0 Å². The van der Waals surface area contributed by atoms with Gasteiger partial charge in [-0.3, -0.25) is 14.5 Å². The topological polar surface area (TPSA) is 82.1 Å². The van der Waals surface area contributed by atoms with Crippen molar-refractivity contribution in [2.45, 2.75) is 12.5 Å². The van der Waals surface area contributed by atoms with Gasteiger partial charge in [0.15, 0.2) is 0 Å². The number of rotatable bonds is 3. The second kappa shape index (κ2) is 6.83. The summed E-state index contributed by atoms with van der Waals surface area (Å²) >= 11 is 0. The summed E-state index contributed by atoms with van der Waals surface area (Å²) in [7, 11) is 0. The Labute approximate surface area is 112 Å². The first-order valence-electron chi connectivity index (χ1n) is 6.72. The van der Waals surface area contributed by atoms with E-state index in [2.05, 4.69) is 5.32 Å². The Morgan fingerprint density at radius 3 is 2.79 bits per heavy atom. The van der Waals surface area contributed by atoms with Gasteiger partial charge < -0.3 is 20.1 Å². The maximum Gasteiger partial charge on any atom is 0.317 e. The van der Waals surface area contributed by atoms with Crippen molar-refractivity contribution < 1.29 is 19.4 Å². The van der Waals surface area contributed by atoms with Gasteiger partial charge in [-0.25, -0.2) is 0 Å². The summed E-state index contributed by atoms with van der Waals surface area (Å²) in [5, 5.41) is 11.9. The van der Waals surface area contributed by atoms with Gasteiger partial charge in [-0.1, -0.05) is 0 Å². The van der Waals surface area contributed by atoms with Crippen molar-refractivity contribution in [1.82, 2.24) is 15.1 Å². The number of aliphatic carboxylic acids is 1. The number of amides is 1. The van der Waals surface area contributed by atoms with Crippen molar-refractivity contribution >= 4 is 11.9 Å². The molecule has 2 N–H and O–H groups in total. The van der Waals surface area contributed by atoms with Crippen LogP contribution in [0.5, 0.6) is 0 Å². The van der Waals surface area contributed by atoms with Crippen LogP contribution in [-0.4, -0.2) is 85.3 Å². The second-order valence-electron chi connectivity index (χ2n) is 4.91. The number of ether oxygens (including phenoxy) is 1. The Bertz CT molecular complexity index is 331. The van der Waals surface area contributed by atoms with E-state index in [-0.39, 0.29) is 18.6 Å². The smallest absolute Gasteiger partial charge is 0.317 e. The van der Waals surface area contributed by atoms with Gasteiger partial charge in [-0.15, -0.1) is 0 Å². The Kier molecular flexibility index (Phi) is 5.12. The zero-order valence-electron chi connectivity index (χ0n) is 11.0. The summed E-state index contributed by atoms with van der Waals surface area (Å²) in [4.78, 5) is 26.6. The van der Waals surface area contributed by atoms with Crippen molar-refractivity contribution in [1.29, 1.82) is 0 Å². The van der Waals surface area contributed by atoms with E-state index < -0.39 is 5.97 Å². The zero-order chi connectivity index (χ0) is 13.7. The Morgan fingerprint density at radius 2 is 2.11 bits per heavy atom. The number of carboxylic acids is 1. The highest BCUT2D eigenvalue weighted by Crippen LogP contribution is 2.08. The number of nitrogens with zero attached hydrogens (tertiary/aromatic N) is 2. The van der Waals surface area contributed by atoms with Crippen LogP contribution in [0, 0.1) is 0 Å². The summed E-state index contributed by atoms with van der Waals surface area (Å²) in [6.45, 7) is 4.54. The van der Waals surface area contributed by atoms with Gasteiger partial charge in [0.05, 0.1) is 13.2 Å². The van der Waals surface area contributed by atoms with Crippen LogP contribution in [0.3, 0.4) is 0 Å². The van der Waals surface area contributed by atoms with Crippen LogP contribution < -0.4 is 5.32 Å². The molecule has 7 nitrogen and oxygen atoms in total. The predicted molar refractivity (Wildman–Crippen MR) is 67.9 cm³/mol. The van der Waals surface area contributed by atoms with Crippen LogP contribution in [0.4, 0.5) is 0 Å². The maximum absolute atomic E-state index is 12.3. The molecule has 2 rings (SSSR count). The first-order chi connectivity index (χ1) is 9.16. The monoisotopic (exact) mass is 271 g/mol. The van der Waals surface area contributed by atoms with E-state index in [4.69, 9.17) is 9.84 Å². The molecule has 108 valence electrons. The zero-order valence-corrected chi connectivity index (χ0v) is 11.0. The second-order valence-corrected chi connectivity index (χ2v) is 4.91. The molecule has 0 bridgehead atoms. The Balaban J connectivity index is 1.84. The molecule has 1 unspecified atom stereocenters. The predicted octanol–water partition coefficient (Wildman–Crippen LogP) is -1.41. The molecular weight excluding hydrogens is 250 g/mol. The summed E-state index contributed by atoms with van der Waals surface area (Å²) in [6.07, 6.45) is 0.416. The quantitative estimate of drug-likeness (QED) is 0.656. The van der Waals surface area contributed by atoms with E-state index in [0.29, 0.717) is 32.8 Å². The van der Waals surface area contributed by atoms with Crippen LogP contribution in [0.25, 0.3) is 0 Å². The molecule has 0 radical (unpaired) electrons. The lowest BCUT2D eigenvalue weighted by Gasteiger charge is -2.29. The highest BCUT2D eigenvalue weighted by molar-refractivity contribution is 5.81. The summed E-state index contributed by atoms with van der Waals surface area (Å²) < 4.78 is 5.46. The molecular formula is C12H21N3O4. The van der Waals surface area contributed by atoms with Gasteiger partial charge in [0.2, 0.25) is 0 Å². The Morgan fingerprint density at radius 1 is 1.26 bits per heavy atom. The van der Waals surface area contributed by atoms with Crippen molar-refractivity contribution in [3.05, 3.63) is 0 Å². The van der Waals surface area contributed by atoms with Crippen LogP contribution in [-0.2, 0) is 14.3 Å². The number of carbonyl (C=O) groups excluding carboxylic acids is 1. The standard InChI is InChI=1S/C12H21N3O4/c16-11(17)9-14-3-1-4-15(6-5-14)12(18)10-8-13-2-7-19-10/h10,13H,1-9H2,(H,16,17). The fourth-order valence-electron chi connectivity index (χ4n) is 2.47. The number of morpholine rings is 1. The molecule has 19 heavy (non-hydrogen) atoms. The Hall–Kier alpha value is -1.18. The first-order valence-corrected chi connectivity index (χ1v) is 6.72. The van der Waals surface area contributed by atoms with Crippen LogP contribution in [0.15, 0.2) is 0 Å². The van der Waals surface area contributed by atoms with Crippen LogP contribution in [0.1, 0.15) is 6.42 Å². The third-order valence-corrected chi connectivity index (χ3v) is 3.46.